The van der Waals surface area contributed by atoms with Gasteiger partial charge in [0.15, 0.2) is 0 Å². The van der Waals surface area contributed by atoms with Crippen LogP contribution in [0.25, 0.3) is 0 Å². The van der Waals surface area contributed by atoms with Crippen molar-refractivity contribution in [2.75, 3.05) is 11.9 Å². The van der Waals surface area contributed by atoms with Gasteiger partial charge in [-0.2, -0.15) is 0 Å². The Morgan fingerprint density at radius 3 is 2.44 bits per heavy atom. The largest absolute Gasteiger partial charge is 0.458 e. The molecule has 1 heterocycles. The minimum atomic E-state index is -2.32. The highest BCUT2D eigenvalue weighted by atomic mass is 35.5. The quantitative estimate of drug-likeness (QED) is 0.460. The van der Waals surface area contributed by atoms with Crippen molar-refractivity contribution in [3.63, 3.8) is 0 Å². The number of nitrogens with zero attached hydrogens (tertiary/aromatic N) is 2. The van der Waals surface area contributed by atoms with Gasteiger partial charge in [-0.1, -0.05) is 71.7 Å². The Morgan fingerprint density at radius 1 is 1.03 bits per heavy atom. The van der Waals surface area contributed by atoms with Crippen LogP contribution in [0.2, 0.25) is 10.0 Å². The summed E-state index contributed by atoms with van der Waals surface area (Å²) in [7, 11) is 1.52. The number of ether oxygens (including phenoxy) is 1. The molecule has 1 atom stereocenters. The summed E-state index contributed by atoms with van der Waals surface area (Å²) in [5.41, 5.74) is 6.58. The van der Waals surface area contributed by atoms with E-state index in [2.05, 4.69) is 4.99 Å². The molecular formula is C24H19Cl2N3O3. The molecule has 0 bridgehead atoms. The van der Waals surface area contributed by atoms with Crippen molar-refractivity contribution in [1.29, 1.82) is 0 Å². The van der Waals surface area contributed by atoms with Crippen molar-refractivity contribution in [2.24, 2.45) is 10.7 Å². The molecule has 1 amide bonds. The molecule has 3 aromatic carbocycles. The molecule has 1 aliphatic rings. The number of likely N-dealkylation sites (N-methyl/N-ethyl adjacent to an activating group) is 1. The first-order valence-electron chi connectivity index (χ1n) is 9.74. The van der Waals surface area contributed by atoms with Crippen molar-refractivity contribution in [2.45, 2.75) is 12.3 Å². The zero-order chi connectivity index (χ0) is 22.9. The summed E-state index contributed by atoms with van der Waals surface area (Å²) in [4.78, 5) is 32.2. The second kappa shape index (κ2) is 8.74. The van der Waals surface area contributed by atoms with Crippen molar-refractivity contribution in [3.8, 4) is 0 Å². The van der Waals surface area contributed by atoms with Crippen LogP contribution in [0.5, 0.6) is 0 Å². The van der Waals surface area contributed by atoms with E-state index < -0.39 is 17.5 Å². The molecule has 3 aromatic rings. The van der Waals surface area contributed by atoms with Crippen LogP contribution >= 0.6 is 23.2 Å². The average Bonchev–Trinajstić information content (AvgIpc) is 2.88. The van der Waals surface area contributed by atoms with Gasteiger partial charge in [0.05, 0.1) is 11.4 Å². The third kappa shape index (κ3) is 4.00. The number of nitrogens with two attached hydrogens (primary N) is 1. The predicted octanol–water partition coefficient (Wildman–Crippen LogP) is 4.21. The number of esters is 1. The zero-order valence-electron chi connectivity index (χ0n) is 17.1. The van der Waals surface area contributed by atoms with E-state index in [0.717, 1.165) is 5.56 Å². The summed E-state index contributed by atoms with van der Waals surface area (Å²) in [6.07, 6.45) is 0. The number of fused-ring (bicyclic) bond motifs is 1. The van der Waals surface area contributed by atoms with Crippen LogP contribution < -0.4 is 10.6 Å². The van der Waals surface area contributed by atoms with Gasteiger partial charge in [0.25, 0.3) is 11.6 Å². The molecule has 0 spiro atoms. The molecule has 8 heteroatoms. The Hall–Kier alpha value is -3.19. The van der Waals surface area contributed by atoms with Gasteiger partial charge in [0.2, 0.25) is 0 Å². The minimum Gasteiger partial charge on any atom is -0.458 e. The highest BCUT2D eigenvalue weighted by Crippen LogP contribution is 2.34. The zero-order valence-corrected chi connectivity index (χ0v) is 18.6. The van der Waals surface area contributed by atoms with E-state index in [1.165, 1.54) is 11.9 Å². The first kappa shape index (κ1) is 22.0. The normalized spacial score (nSPS) is 17.9. The Bertz CT molecular complexity index is 1230. The van der Waals surface area contributed by atoms with E-state index in [9.17, 15) is 9.59 Å². The number of aliphatic imine (C=N–C) groups is 1. The van der Waals surface area contributed by atoms with Crippen molar-refractivity contribution in [1.82, 2.24) is 0 Å². The highest BCUT2D eigenvalue weighted by Gasteiger charge is 2.48. The average molecular weight is 468 g/mol. The van der Waals surface area contributed by atoms with Crippen LogP contribution in [0.3, 0.4) is 0 Å². The topological polar surface area (TPSA) is 85.0 Å². The molecule has 6 nitrogen and oxygen atoms in total. The van der Waals surface area contributed by atoms with Crippen LogP contribution in [-0.2, 0) is 20.9 Å². The summed E-state index contributed by atoms with van der Waals surface area (Å²) in [5, 5.41) is 0.815. The van der Waals surface area contributed by atoms with Gasteiger partial charge in [-0.3, -0.25) is 10.5 Å². The van der Waals surface area contributed by atoms with E-state index in [4.69, 9.17) is 33.7 Å². The number of benzodiazepines with no additional fused rings is 1. The van der Waals surface area contributed by atoms with Gasteiger partial charge in [0, 0.05) is 28.2 Å². The maximum absolute atomic E-state index is 13.4. The summed E-state index contributed by atoms with van der Waals surface area (Å²) < 4.78 is 5.40. The fourth-order valence-electron chi connectivity index (χ4n) is 3.46. The highest BCUT2D eigenvalue weighted by molar-refractivity contribution is 6.37. The lowest BCUT2D eigenvalue weighted by molar-refractivity contribution is -0.154. The van der Waals surface area contributed by atoms with Gasteiger partial charge in [-0.25, -0.2) is 9.79 Å². The molecule has 32 heavy (non-hydrogen) atoms. The van der Waals surface area contributed by atoms with Gasteiger partial charge < -0.3 is 9.64 Å². The lowest BCUT2D eigenvalue weighted by Gasteiger charge is -2.25. The number of hydrogen-bond acceptors (Lipinski definition) is 5. The molecule has 0 radical (unpaired) electrons. The smallest absolute Gasteiger partial charge is 0.359 e. The molecule has 2 N–H and O–H groups in total. The number of anilines is 1. The Kier molecular flexibility index (Phi) is 6.02. The fourth-order valence-corrected chi connectivity index (χ4v) is 3.86. The minimum absolute atomic E-state index is 0.0503. The number of hydrogen-bond donors (Lipinski definition) is 1. The van der Waals surface area contributed by atoms with Crippen molar-refractivity contribution >= 4 is 46.5 Å². The molecule has 0 aliphatic carbocycles. The number of carbonyl (C=O) groups is 2. The van der Waals surface area contributed by atoms with Crippen molar-refractivity contribution < 1.29 is 14.3 Å². The summed E-state index contributed by atoms with van der Waals surface area (Å²) in [6.45, 7) is -0.0503. The van der Waals surface area contributed by atoms with E-state index in [1.807, 2.05) is 18.2 Å². The number of carbonyl (C=O) groups excluding carboxylic acids is 2. The third-order valence-electron chi connectivity index (χ3n) is 5.15. The molecule has 1 aliphatic heterocycles. The SMILES string of the molecule is CN1C(=O)C(N)(C(=O)OCc2ccccc2)N=C(c2ccccc2Cl)c2cc(Cl)ccc21. The standard InChI is InChI=1S/C24H19Cl2N3O3/c1-29-20-12-11-16(25)13-18(20)21(17-9-5-6-10-19(17)26)28-24(27,22(29)30)23(31)32-14-15-7-3-2-4-8-15/h2-13H,14,27H2,1H3. The van der Waals surface area contributed by atoms with Crippen molar-refractivity contribution in [3.05, 3.63) is 99.5 Å². The maximum Gasteiger partial charge on any atom is 0.359 e. The Labute approximate surface area is 195 Å². The van der Waals surface area contributed by atoms with Gasteiger partial charge in [0.1, 0.15) is 6.61 Å². The molecule has 0 fully saturated rings. The van der Waals surface area contributed by atoms with E-state index in [1.54, 1.807) is 54.6 Å². The van der Waals surface area contributed by atoms with E-state index in [-0.39, 0.29) is 12.3 Å². The number of rotatable bonds is 4. The van der Waals surface area contributed by atoms with Crippen LogP contribution in [-0.4, -0.2) is 30.3 Å². The first-order valence-corrected chi connectivity index (χ1v) is 10.5. The molecule has 0 aromatic heterocycles. The van der Waals surface area contributed by atoms with E-state index >= 15 is 0 Å². The van der Waals surface area contributed by atoms with E-state index in [0.29, 0.717) is 26.9 Å². The molecule has 0 saturated carbocycles. The molecule has 1 unspecified atom stereocenters. The second-order valence-corrected chi connectivity index (χ2v) is 8.14. The lowest BCUT2D eigenvalue weighted by Crippen LogP contribution is -2.59. The summed E-state index contributed by atoms with van der Waals surface area (Å²) in [6, 6.07) is 21.0. The maximum atomic E-state index is 13.4. The predicted molar refractivity (Wildman–Crippen MR) is 125 cm³/mol. The van der Waals surface area contributed by atoms with Gasteiger partial charge >= 0.3 is 5.97 Å². The van der Waals surface area contributed by atoms with Crippen LogP contribution in [0.15, 0.2) is 77.8 Å². The lowest BCUT2D eigenvalue weighted by atomic mass is 10.00. The van der Waals surface area contributed by atoms with Crippen LogP contribution in [0.1, 0.15) is 16.7 Å². The Morgan fingerprint density at radius 2 is 1.72 bits per heavy atom. The molecule has 0 saturated heterocycles. The molecule has 162 valence electrons. The molecular weight excluding hydrogens is 449 g/mol. The van der Waals surface area contributed by atoms with Gasteiger partial charge in [-0.05, 0) is 29.8 Å². The van der Waals surface area contributed by atoms with Gasteiger partial charge in [-0.15, -0.1) is 0 Å². The monoisotopic (exact) mass is 467 g/mol. The summed E-state index contributed by atoms with van der Waals surface area (Å²) in [5.74, 6) is -1.71. The number of halogens is 2. The third-order valence-corrected chi connectivity index (χ3v) is 5.71. The Balaban J connectivity index is 1.84. The summed E-state index contributed by atoms with van der Waals surface area (Å²) >= 11 is 12.7. The van der Waals surface area contributed by atoms with Crippen LogP contribution in [0.4, 0.5) is 5.69 Å². The number of benzene rings is 3. The van der Waals surface area contributed by atoms with Crippen LogP contribution in [0, 0.1) is 0 Å². The first-order chi connectivity index (χ1) is 15.3. The second-order valence-electron chi connectivity index (χ2n) is 7.29. The molecule has 4 rings (SSSR count). The fraction of sp³-hybridized carbons (Fsp3) is 0.125. The number of amides is 1.